The Morgan fingerprint density at radius 3 is 2.08 bits per heavy atom. The fraction of sp³-hybridized carbons (Fsp3) is 0.239. The Morgan fingerprint density at radius 2 is 1.39 bits per heavy atom. The van der Waals surface area contributed by atoms with Gasteiger partial charge in [0.25, 0.3) is 17.7 Å². The molecule has 0 saturated carbocycles. The summed E-state index contributed by atoms with van der Waals surface area (Å²) in [5.74, 6) is 0.456. The number of benzene rings is 5. The van der Waals surface area contributed by atoms with Gasteiger partial charge in [0.1, 0.15) is 23.3 Å². The van der Waals surface area contributed by atoms with Crippen LogP contribution in [0.15, 0.2) is 128 Å². The second-order valence-electron chi connectivity index (χ2n) is 15.4. The highest BCUT2D eigenvalue weighted by molar-refractivity contribution is 6.10. The molecule has 13 nitrogen and oxygen atoms in total. The van der Waals surface area contributed by atoms with E-state index in [0.29, 0.717) is 70.6 Å². The summed E-state index contributed by atoms with van der Waals surface area (Å²) in [5, 5.41) is 19.4. The highest BCUT2D eigenvalue weighted by atomic mass is 16.5. The van der Waals surface area contributed by atoms with Crippen LogP contribution in [0.25, 0.3) is 0 Å². The number of hydrogen-bond acceptors (Lipinski definition) is 9. The van der Waals surface area contributed by atoms with Gasteiger partial charge in [0.2, 0.25) is 0 Å². The largest absolute Gasteiger partial charge is 0.482 e. The van der Waals surface area contributed by atoms with Gasteiger partial charge in [-0.25, -0.2) is 0 Å². The molecule has 5 heterocycles. The molecule has 59 heavy (non-hydrogen) atoms. The van der Waals surface area contributed by atoms with E-state index in [2.05, 4.69) is 10.3 Å². The van der Waals surface area contributed by atoms with E-state index < -0.39 is 11.7 Å². The van der Waals surface area contributed by atoms with Gasteiger partial charge in [0, 0.05) is 29.4 Å². The van der Waals surface area contributed by atoms with Crippen LogP contribution in [0.3, 0.4) is 0 Å². The summed E-state index contributed by atoms with van der Waals surface area (Å²) in [6.45, 7) is 2.60. The topological polar surface area (TPSA) is 140 Å². The molecule has 0 bridgehead atoms. The number of amides is 3. The summed E-state index contributed by atoms with van der Waals surface area (Å²) in [6, 6.07) is 37.5. The monoisotopic (exact) mass is 788 g/mol. The Bertz CT molecular complexity index is 2600. The van der Waals surface area contributed by atoms with Crippen LogP contribution in [0.1, 0.15) is 48.3 Å². The molecule has 0 unspecified atom stereocenters. The third-order valence-electron chi connectivity index (χ3n) is 11.7. The first-order valence-corrected chi connectivity index (χ1v) is 19.7. The summed E-state index contributed by atoms with van der Waals surface area (Å²) in [7, 11) is 0. The zero-order valence-corrected chi connectivity index (χ0v) is 32.2. The number of para-hydroxylation sites is 4. The fourth-order valence-corrected chi connectivity index (χ4v) is 8.87. The van der Waals surface area contributed by atoms with Crippen molar-refractivity contribution in [2.45, 2.75) is 50.7 Å². The van der Waals surface area contributed by atoms with Crippen LogP contribution in [0.5, 0.6) is 11.5 Å². The minimum Gasteiger partial charge on any atom is -0.482 e. The first-order valence-electron chi connectivity index (χ1n) is 19.7. The van der Waals surface area contributed by atoms with Crippen LogP contribution >= 0.6 is 0 Å². The Kier molecular flexibility index (Phi) is 8.99. The molecule has 0 radical (unpaired) electrons. The molecule has 4 aliphatic rings. The lowest BCUT2D eigenvalue weighted by atomic mass is 9.82. The van der Waals surface area contributed by atoms with E-state index in [4.69, 9.17) is 14.2 Å². The van der Waals surface area contributed by atoms with Gasteiger partial charge in [-0.15, -0.1) is 5.10 Å². The van der Waals surface area contributed by atoms with E-state index in [9.17, 15) is 14.7 Å². The molecule has 1 aromatic heterocycles. The fourth-order valence-electron chi connectivity index (χ4n) is 8.87. The van der Waals surface area contributed by atoms with E-state index in [1.165, 1.54) is 0 Å². The molecule has 5 aromatic carbocycles. The number of hydrogen-bond donors (Lipinski definition) is 1. The normalized spacial score (nSPS) is 21.3. The van der Waals surface area contributed by atoms with E-state index in [0.717, 1.165) is 11.1 Å². The first kappa shape index (κ1) is 36.5. The van der Waals surface area contributed by atoms with Crippen molar-refractivity contribution in [3.8, 4) is 11.5 Å². The highest BCUT2D eigenvalue weighted by Gasteiger charge is 2.60. The lowest BCUT2D eigenvalue weighted by Gasteiger charge is -2.31. The molecule has 6 aromatic rings. The number of fused-ring (bicyclic) bond motifs is 4. The second-order valence-corrected chi connectivity index (χ2v) is 15.4. The first-order chi connectivity index (χ1) is 28.8. The van der Waals surface area contributed by atoms with Crippen molar-refractivity contribution in [2.24, 2.45) is 5.92 Å². The summed E-state index contributed by atoms with van der Waals surface area (Å²) >= 11 is 0. The zero-order chi connectivity index (χ0) is 40.3. The smallest absolute Gasteiger partial charge is 0.269 e. The van der Waals surface area contributed by atoms with Crippen LogP contribution in [0, 0.1) is 5.92 Å². The molecule has 296 valence electrons. The van der Waals surface area contributed by atoms with Crippen LogP contribution in [-0.4, -0.2) is 57.1 Å². The Morgan fingerprint density at radius 1 is 0.763 bits per heavy atom. The van der Waals surface area contributed by atoms with E-state index in [-0.39, 0.29) is 49.5 Å². The van der Waals surface area contributed by atoms with Gasteiger partial charge in [0.15, 0.2) is 18.8 Å². The molecule has 1 N–H and O–H groups in total. The summed E-state index contributed by atoms with van der Waals surface area (Å²) in [6.07, 6.45) is 1.71. The number of aliphatic hydroxyl groups excluding tert-OH is 1. The van der Waals surface area contributed by atoms with Gasteiger partial charge in [0.05, 0.1) is 35.9 Å². The van der Waals surface area contributed by atoms with Gasteiger partial charge in [-0.05, 0) is 78.6 Å². The maximum atomic E-state index is 15.1. The maximum Gasteiger partial charge on any atom is 0.269 e. The molecule has 4 aliphatic heterocycles. The van der Waals surface area contributed by atoms with Gasteiger partial charge < -0.3 is 24.2 Å². The predicted molar refractivity (Wildman–Crippen MR) is 218 cm³/mol. The van der Waals surface area contributed by atoms with E-state index >= 15 is 4.79 Å². The molecule has 10 rings (SSSR count). The summed E-state index contributed by atoms with van der Waals surface area (Å²) in [5.41, 5.74) is 4.75. The molecule has 1 saturated heterocycles. The number of anilines is 5. The van der Waals surface area contributed by atoms with Crippen LogP contribution in [0.2, 0.25) is 0 Å². The van der Waals surface area contributed by atoms with Crippen molar-refractivity contribution >= 4 is 46.2 Å². The van der Waals surface area contributed by atoms with Crippen molar-refractivity contribution in [2.75, 3.05) is 27.9 Å². The number of aryl methyl sites for hydroxylation is 1. The zero-order valence-electron chi connectivity index (χ0n) is 32.2. The lowest BCUT2D eigenvalue weighted by molar-refractivity contribution is -0.146. The van der Waals surface area contributed by atoms with Gasteiger partial charge in [-0.1, -0.05) is 78.9 Å². The molecule has 13 heteroatoms. The summed E-state index contributed by atoms with van der Waals surface area (Å²) in [4.78, 5) is 46.6. The van der Waals surface area contributed by atoms with Gasteiger partial charge in [-0.3, -0.25) is 28.9 Å². The van der Waals surface area contributed by atoms with E-state index in [1.807, 2.05) is 128 Å². The predicted octanol–water partition coefficient (Wildman–Crippen LogP) is 6.73. The van der Waals surface area contributed by atoms with Crippen molar-refractivity contribution in [1.82, 2.24) is 15.0 Å². The molecule has 4 atom stereocenters. The minimum atomic E-state index is -1.31. The standard InChI is InChI=1S/C46H40N6O7/c1-29-23-34(21-22-49-26-36(47-48-49)44(55)31-9-3-2-4-10-31)59-46(29)35-24-33(52-39-12-6-8-14-41(39)58-28-43(52)54)19-20-37(35)50(45(46)56)25-30-15-17-32(18-16-30)51-38-11-5-7-13-40(38)57-27-42(51)53/h2-20,24,26,29,34,44,55H,21-23,25,27-28H2,1H3/t29-,34+,44+,46+/m0/s1. The number of carbonyl (C=O) groups excluding carboxylic acids is 3. The van der Waals surface area contributed by atoms with Crippen LogP contribution in [-0.2, 0) is 37.8 Å². The average Bonchev–Trinajstić information content (AvgIpc) is 3.95. The van der Waals surface area contributed by atoms with Crippen LogP contribution < -0.4 is 24.2 Å². The van der Waals surface area contributed by atoms with Crippen molar-refractivity contribution in [3.05, 3.63) is 150 Å². The summed E-state index contributed by atoms with van der Waals surface area (Å²) < 4.78 is 20.1. The molecule has 3 amide bonds. The average molecular weight is 789 g/mol. The highest BCUT2D eigenvalue weighted by Crippen LogP contribution is 2.55. The number of aliphatic hydroxyl groups is 1. The Hall–Kier alpha value is -6.83. The van der Waals surface area contributed by atoms with E-state index in [1.54, 1.807) is 25.6 Å². The van der Waals surface area contributed by atoms with Gasteiger partial charge >= 0.3 is 0 Å². The minimum absolute atomic E-state index is 0.0556. The number of aromatic nitrogens is 3. The number of nitrogens with zero attached hydrogens (tertiary/aromatic N) is 6. The lowest BCUT2D eigenvalue weighted by Crippen LogP contribution is -2.43. The molecule has 1 spiro atoms. The van der Waals surface area contributed by atoms with Crippen LogP contribution in [0.4, 0.5) is 28.4 Å². The molecule has 0 aliphatic carbocycles. The third-order valence-corrected chi connectivity index (χ3v) is 11.7. The number of rotatable bonds is 9. The Balaban J connectivity index is 0.953. The Labute approximate surface area is 339 Å². The second kappa shape index (κ2) is 14.5. The van der Waals surface area contributed by atoms with Gasteiger partial charge in [-0.2, -0.15) is 0 Å². The van der Waals surface area contributed by atoms with Crippen molar-refractivity contribution in [3.63, 3.8) is 0 Å². The quantitative estimate of drug-likeness (QED) is 0.169. The number of carbonyl (C=O) groups is 3. The maximum absolute atomic E-state index is 15.1. The van der Waals surface area contributed by atoms with Crippen molar-refractivity contribution < 1.29 is 33.7 Å². The number of ether oxygens (including phenoxy) is 3. The SMILES string of the molecule is C[C@H]1C[C@@H](CCn2cc([C@H](O)c3ccccc3)nn2)O[C@]12C(=O)N(Cc1ccc(N3C(=O)COc4ccccc43)cc1)c1ccc(N3C(=O)COc4ccccc43)cc12. The molecule has 1 fully saturated rings. The third kappa shape index (κ3) is 6.21. The molecular weight excluding hydrogens is 749 g/mol. The van der Waals surface area contributed by atoms with Crippen molar-refractivity contribution in [1.29, 1.82) is 0 Å². The molecular formula is C46H40N6O7.